The fourth-order valence-electron chi connectivity index (χ4n) is 2.16. The number of hydrogen-bond donors (Lipinski definition) is 2. The molecule has 0 aliphatic carbocycles. The van der Waals surface area contributed by atoms with Crippen molar-refractivity contribution in [2.24, 2.45) is 4.99 Å². The van der Waals surface area contributed by atoms with Gasteiger partial charge in [0.2, 0.25) is 6.23 Å². The molecule has 0 bridgehead atoms. The minimum Gasteiger partial charge on any atom is -0.481 e. The summed E-state index contributed by atoms with van der Waals surface area (Å²) in [6.07, 6.45) is 4.68. The number of fused-ring (bicyclic) bond motifs is 3. The Labute approximate surface area is 132 Å². The van der Waals surface area contributed by atoms with Crippen LogP contribution < -0.4 is 0 Å². The first-order chi connectivity index (χ1) is 10.4. The second kappa shape index (κ2) is 6.76. The molecule has 1 atom stereocenters. The molecule has 2 heterocycles. The van der Waals surface area contributed by atoms with Crippen LogP contribution >= 0.6 is 11.8 Å². The Morgan fingerprint density at radius 1 is 1.41 bits per heavy atom. The highest BCUT2D eigenvalue weighted by Gasteiger charge is 2.21. The predicted octanol–water partition coefficient (Wildman–Crippen LogP) is 2.50. The summed E-state index contributed by atoms with van der Waals surface area (Å²) in [6.45, 7) is 3.00. The molecule has 2 aromatic rings. The summed E-state index contributed by atoms with van der Waals surface area (Å²) in [5.41, 5.74) is 2.88. The van der Waals surface area contributed by atoms with Crippen molar-refractivity contribution in [2.75, 3.05) is 6.26 Å². The third-order valence-electron chi connectivity index (χ3n) is 3.07. The molecule has 0 radical (unpaired) electrons. The number of hydrogen-bond acceptors (Lipinski definition) is 5. The van der Waals surface area contributed by atoms with Gasteiger partial charge in [0, 0.05) is 35.5 Å². The SMILES string of the molecule is CC(=O)O.CSc1ccc2c(c1)C(C)=NC(O)c1nccn1-2. The van der Waals surface area contributed by atoms with Gasteiger partial charge in [-0.3, -0.25) is 14.4 Å². The van der Waals surface area contributed by atoms with E-state index < -0.39 is 12.2 Å². The van der Waals surface area contributed by atoms with Crippen molar-refractivity contribution in [2.45, 2.75) is 25.0 Å². The molecule has 22 heavy (non-hydrogen) atoms. The van der Waals surface area contributed by atoms with Crippen LogP contribution in [-0.2, 0) is 4.79 Å². The molecular formula is C15H17N3O3S. The number of benzene rings is 1. The van der Waals surface area contributed by atoms with Gasteiger partial charge in [0.15, 0.2) is 5.82 Å². The first-order valence-corrected chi connectivity index (χ1v) is 7.80. The fraction of sp³-hybridized carbons (Fsp3) is 0.267. The summed E-state index contributed by atoms with van der Waals surface area (Å²) in [7, 11) is 0. The third-order valence-corrected chi connectivity index (χ3v) is 3.79. The topological polar surface area (TPSA) is 87.7 Å². The van der Waals surface area contributed by atoms with Crippen molar-refractivity contribution in [3.8, 4) is 5.69 Å². The maximum absolute atomic E-state index is 10.0. The second-order valence-electron chi connectivity index (χ2n) is 4.65. The van der Waals surface area contributed by atoms with Gasteiger partial charge in [-0.15, -0.1) is 11.8 Å². The average Bonchev–Trinajstić information content (AvgIpc) is 2.92. The van der Waals surface area contributed by atoms with Crippen LogP contribution in [0.2, 0.25) is 0 Å². The van der Waals surface area contributed by atoms with E-state index in [2.05, 4.69) is 22.1 Å². The third kappa shape index (κ3) is 3.37. The maximum atomic E-state index is 10.0. The van der Waals surface area contributed by atoms with Crippen molar-refractivity contribution in [1.29, 1.82) is 0 Å². The summed E-state index contributed by atoms with van der Waals surface area (Å²) in [5.74, 6) is -0.273. The Bertz CT molecular complexity index is 721. The zero-order chi connectivity index (χ0) is 16.3. The summed E-state index contributed by atoms with van der Waals surface area (Å²) >= 11 is 1.69. The van der Waals surface area contributed by atoms with E-state index in [0.717, 1.165) is 23.9 Å². The van der Waals surface area contributed by atoms with Crippen LogP contribution in [-0.4, -0.2) is 37.7 Å². The highest BCUT2D eigenvalue weighted by molar-refractivity contribution is 7.98. The normalized spacial score (nSPS) is 15.6. The lowest BCUT2D eigenvalue weighted by Gasteiger charge is -2.10. The van der Waals surface area contributed by atoms with Gasteiger partial charge in [-0.2, -0.15) is 0 Å². The van der Waals surface area contributed by atoms with E-state index in [1.165, 1.54) is 4.90 Å². The lowest BCUT2D eigenvalue weighted by Crippen LogP contribution is -2.04. The molecule has 0 spiro atoms. The fourth-order valence-corrected chi connectivity index (χ4v) is 2.60. The summed E-state index contributed by atoms with van der Waals surface area (Å²) in [6, 6.07) is 6.21. The van der Waals surface area contributed by atoms with Gasteiger partial charge in [-0.1, -0.05) is 0 Å². The molecular weight excluding hydrogens is 302 g/mol. The standard InChI is InChI=1S/C13H13N3OS.C2H4O2/c1-8-10-7-9(18-2)3-4-11(10)16-6-5-14-12(16)13(17)15-8;1-2(3)4/h3-7,13,17H,1-2H3;1H3,(H,3,4). The van der Waals surface area contributed by atoms with Crippen LogP contribution in [0.5, 0.6) is 0 Å². The molecule has 0 fully saturated rings. The Morgan fingerprint density at radius 3 is 2.73 bits per heavy atom. The number of carboxylic acid groups (broad SMARTS) is 1. The number of aliphatic imine (C=N–C) groups is 1. The Kier molecular flexibility index (Phi) is 4.99. The van der Waals surface area contributed by atoms with Crippen LogP contribution in [0.1, 0.15) is 31.5 Å². The van der Waals surface area contributed by atoms with Crippen molar-refractivity contribution < 1.29 is 15.0 Å². The Balaban J connectivity index is 0.000000396. The summed E-state index contributed by atoms with van der Waals surface area (Å²) < 4.78 is 1.89. The molecule has 1 unspecified atom stereocenters. The molecule has 1 aliphatic heterocycles. The van der Waals surface area contributed by atoms with Crippen LogP contribution in [0.15, 0.2) is 40.5 Å². The minimum atomic E-state index is -0.898. The smallest absolute Gasteiger partial charge is 0.300 e. The number of rotatable bonds is 1. The van der Waals surface area contributed by atoms with E-state index in [0.29, 0.717) is 5.82 Å². The largest absolute Gasteiger partial charge is 0.481 e. The Hall–Kier alpha value is -2.12. The molecule has 1 aromatic carbocycles. The van der Waals surface area contributed by atoms with Crippen LogP contribution in [0, 0.1) is 0 Å². The summed E-state index contributed by atoms with van der Waals surface area (Å²) in [5, 5.41) is 17.4. The molecule has 0 saturated carbocycles. The van der Waals surface area contributed by atoms with E-state index in [1.54, 1.807) is 18.0 Å². The number of carbonyl (C=O) groups is 1. The van der Waals surface area contributed by atoms with Gasteiger partial charge >= 0.3 is 0 Å². The lowest BCUT2D eigenvalue weighted by molar-refractivity contribution is -0.134. The Morgan fingerprint density at radius 2 is 2.09 bits per heavy atom. The molecule has 3 rings (SSSR count). The van der Waals surface area contributed by atoms with Gasteiger partial charge in [-0.25, -0.2) is 4.98 Å². The minimum absolute atomic E-state index is 0.560. The first kappa shape index (κ1) is 16.3. The van der Waals surface area contributed by atoms with Crippen molar-refractivity contribution in [1.82, 2.24) is 9.55 Å². The number of aromatic nitrogens is 2. The number of aliphatic hydroxyl groups excluding tert-OH is 1. The van der Waals surface area contributed by atoms with Crippen LogP contribution in [0.3, 0.4) is 0 Å². The van der Waals surface area contributed by atoms with Gasteiger partial charge in [-0.05, 0) is 31.4 Å². The average molecular weight is 319 g/mol. The number of nitrogens with zero attached hydrogens (tertiary/aromatic N) is 3. The highest BCUT2D eigenvalue weighted by Crippen LogP contribution is 2.29. The van der Waals surface area contributed by atoms with Crippen LogP contribution in [0.25, 0.3) is 5.69 Å². The molecule has 1 aliphatic rings. The molecule has 1 aromatic heterocycles. The van der Waals surface area contributed by atoms with E-state index in [1.807, 2.05) is 30.0 Å². The van der Waals surface area contributed by atoms with E-state index in [9.17, 15) is 5.11 Å². The monoisotopic (exact) mass is 319 g/mol. The number of aliphatic hydroxyl groups is 1. The van der Waals surface area contributed by atoms with Crippen LogP contribution in [0.4, 0.5) is 0 Å². The first-order valence-electron chi connectivity index (χ1n) is 6.58. The second-order valence-corrected chi connectivity index (χ2v) is 5.53. The molecule has 0 amide bonds. The maximum Gasteiger partial charge on any atom is 0.300 e. The van der Waals surface area contributed by atoms with E-state index in [4.69, 9.17) is 9.90 Å². The quantitative estimate of drug-likeness (QED) is 0.789. The number of aliphatic carboxylic acids is 1. The zero-order valence-electron chi connectivity index (χ0n) is 12.5. The van der Waals surface area contributed by atoms with Crippen molar-refractivity contribution >= 4 is 23.4 Å². The highest BCUT2D eigenvalue weighted by atomic mass is 32.2. The van der Waals surface area contributed by atoms with Crippen molar-refractivity contribution in [3.05, 3.63) is 42.0 Å². The van der Waals surface area contributed by atoms with E-state index >= 15 is 0 Å². The number of carboxylic acids is 1. The van der Waals surface area contributed by atoms with Gasteiger partial charge < -0.3 is 10.2 Å². The van der Waals surface area contributed by atoms with Crippen molar-refractivity contribution in [3.63, 3.8) is 0 Å². The lowest BCUT2D eigenvalue weighted by atomic mass is 10.1. The molecule has 2 N–H and O–H groups in total. The molecule has 7 heteroatoms. The number of imidazole rings is 1. The summed E-state index contributed by atoms with van der Waals surface area (Å²) in [4.78, 5) is 18.6. The van der Waals surface area contributed by atoms with Gasteiger partial charge in [0.25, 0.3) is 5.97 Å². The van der Waals surface area contributed by atoms with Gasteiger partial charge in [0.05, 0.1) is 5.69 Å². The van der Waals surface area contributed by atoms with Gasteiger partial charge in [0.1, 0.15) is 0 Å². The molecule has 116 valence electrons. The predicted molar refractivity (Wildman–Crippen MR) is 85.8 cm³/mol. The number of thioether (sulfide) groups is 1. The molecule has 0 saturated heterocycles. The van der Waals surface area contributed by atoms with E-state index in [-0.39, 0.29) is 0 Å². The zero-order valence-corrected chi connectivity index (χ0v) is 13.3. The molecule has 6 nitrogen and oxygen atoms in total.